The Hall–Kier alpha value is -2.88. The van der Waals surface area contributed by atoms with Crippen LogP contribution in [0.25, 0.3) is 0 Å². The molecule has 7 nitrogen and oxygen atoms in total. The summed E-state index contributed by atoms with van der Waals surface area (Å²) in [7, 11) is -7.34. The highest BCUT2D eigenvalue weighted by Gasteiger charge is 2.37. The molecule has 178 valence electrons. The van der Waals surface area contributed by atoms with Crippen LogP contribution in [0.1, 0.15) is 36.1 Å². The van der Waals surface area contributed by atoms with E-state index in [0.717, 1.165) is 15.5 Å². The van der Waals surface area contributed by atoms with Crippen molar-refractivity contribution >= 4 is 43.0 Å². The summed E-state index contributed by atoms with van der Waals surface area (Å²) in [6.45, 7) is 3.51. The van der Waals surface area contributed by atoms with Gasteiger partial charge in [-0.1, -0.05) is 53.6 Å². The summed E-state index contributed by atoms with van der Waals surface area (Å²) in [4.78, 5) is 0.101. The standard InChI is InChI=1S/C24H24ClN3O4S2/c1-3-33(29,30)27-21-11-7-18(8-12-21)23-16-24(19-6-4-5-17(2)15-19)28(26-23)34(31,32)22-13-9-20(25)10-14-22/h4-15,24,27H,3,16H2,1-2H3. The zero-order valence-electron chi connectivity index (χ0n) is 18.6. The minimum atomic E-state index is -3.95. The van der Waals surface area contributed by atoms with E-state index in [0.29, 0.717) is 28.4 Å². The number of benzene rings is 3. The largest absolute Gasteiger partial charge is 0.284 e. The number of hydrazone groups is 1. The Morgan fingerprint density at radius 2 is 1.68 bits per heavy atom. The highest BCUT2D eigenvalue weighted by molar-refractivity contribution is 7.92. The first-order chi connectivity index (χ1) is 16.1. The van der Waals surface area contributed by atoms with Crippen LogP contribution in [0.3, 0.4) is 0 Å². The number of nitrogens with one attached hydrogen (secondary N) is 1. The van der Waals surface area contributed by atoms with Gasteiger partial charge in [0.15, 0.2) is 0 Å². The normalized spacial score (nSPS) is 16.4. The molecular formula is C24H24ClN3O4S2. The van der Waals surface area contributed by atoms with E-state index in [9.17, 15) is 16.8 Å². The third-order valence-corrected chi connectivity index (χ3v) is 8.78. The second-order valence-electron chi connectivity index (χ2n) is 8.00. The van der Waals surface area contributed by atoms with Crippen molar-refractivity contribution in [3.63, 3.8) is 0 Å². The first-order valence-corrected chi connectivity index (χ1v) is 14.1. The van der Waals surface area contributed by atoms with Gasteiger partial charge >= 0.3 is 0 Å². The summed E-state index contributed by atoms with van der Waals surface area (Å²) in [6, 6.07) is 19.9. The van der Waals surface area contributed by atoms with Gasteiger partial charge in [0.05, 0.1) is 22.4 Å². The zero-order valence-corrected chi connectivity index (χ0v) is 21.0. The Balaban J connectivity index is 1.72. The van der Waals surface area contributed by atoms with Gasteiger partial charge in [-0.05, 0) is 61.4 Å². The Kier molecular flexibility index (Phi) is 6.71. The number of nitrogens with zero attached hydrogens (tertiary/aromatic N) is 2. The molecule has 1 atom stereocenters. The molecule has 0 aromatic heterocycles. The van der Waals surface area contributed by atoms with Crippen molar-refractivity contribution in [2.45, 2.75) is 31.2 Å². The third-order valence-electron chi connectivity index (χ3n) is 5.53. The van der Waals surface area contributed by atoms with E-state index in [4.69, 9.17) is 11.6 Å². The van der Waals surface area contributed by atoms with E-state index in [2.05, 4.69) is 9.82 Å². The number of sulfonamides is 2. The summed E-state index contributed by atoms with van der Waals surface area (Å²) in [5.74, 6) is -0.0306. The molecule has 1 aliphatic rings. The van der Waals surface area contributed by atoms with Gasteiger partial charge < -0.3 is 0 Å². The average molecular weight is 518 g/mol. The molecule has 4 rings (SSSR count). The highest BCUT2D eigenvalue weighted by Crippen LogP contribution is 2.37. The van der Waals surface area contributed by atoms with Crippen molar-refractivity contribution in [3.8, 4) is 0 Å². The molecule has 0 aliphatic carbocycles. The van der Waals surface area contributed by atoms with Crippen molar-refractivity contribution < 1.29 is 16.8 Å². The van der Waals surface area contributed by atoms with Crippen molar-refractivity contribution in [2.75, 3.05) is 10.5 Å². The smallest absolute Gasteiger partial charge is 0.279 e. The molecule has 3 aromatic carbocycles. The summed E-state index contributed by atoms with van der Waals surface area (Å²) < 4.78 is 54.4. The molecule has 0 fully saturated rings. The summed E-state index contributed by atoms with van der Waals surface area (Å²) in [5, 5.41) is 4.97. The number of anilines is 1. The molecule has 0 saturated heterocycles. The van der Waals surface area contributed by atoms with Gasteiger partial charge in [-0.2, -0.15) is 17.9 Å². The van der Waals surface area contributed by atoms with Crippen LogP contribution in [0.15, 0.2) is 82.8 Å². The molecule has 0 radical (unpaired) electrons. The maximum Gasteiger partial charge on any atom is 0.279 e. The fourth-order valence-electron chi connectivity index (χ4n) is 3.71. The van der Waals surface area contributed by atoms with Crippen LogP contribution in [-0.4, -0.2) is 32.7 Å². The van der Waals surface area contributed by atoms with Gasteiger partial charge in [-0.15, -0.1) is 0 Å². The fraction of sp³-hybridized carbons (Fsp3) is 0.208. The molecule has 3 aromatic rings. The van der Waals surface area contributed by atoms with Crippen molar-refractivity contribution in [2.24, 2.45) is 5.10 Å². The van der Waals surface area contributed by atoms with Crippen LogP contribution in [0, 0.1) is 6.92 Å². The van der Waals surface area contributed by atoms with E-state index in [-0.39, 0.29) is 10.6 Å². The molecule has 0 saturated carbocycles. The first kappa shape index (κ1) is 24.3. The Morgan fingerprint density at radius 3 is 2.29 bits per heavy atom. The van der Waals surface area contributed by atoms with Gasteiger partial charge in [-0.25, -0.2) is 8.42 Å². The second-order valence-corrected chi connectivity index (χ2v) is 12.2. The Labute approximate surface area is 205 Å². The first-order valence-electron chi connectivity index (χ1n) is 10.6. The molecule has 1 heterocycles. The molecule has 10 heteroatoms. The van der Waals surface area contributed by atoms with Crippen molar-refractivity contribution in [1.82, 2.24) is 4.41 Å². The molecule has 1 unspecified atom stereocenters. The van der Waals surface area contributed by atoms with Crippen LogP contribution in [0.2, 0.25) is 5.02 Å². The predicted molar refractivity (Wildman–Crippen MR) is 135 cm³/mol. The zero-order chi connectivity index (χ0) is 24.5. The van der Waals surface area contributed by atoms with Crippen molar-refractivity contribution in [1.29, 1.82) is 0 Å². The topological polar surface area (TPSA) is 95.9 Å². The van der Waals surface area contributed by atoms with Crippen molar-refractivity contribution in [3.05, 3.63) is 94.5 Å². The second kappa shape index (κ2) is 9.40. The van der Waals surface area contributed by atoms with Gasteiger partial charge in [0, 0.05) is 17.1 Å². The van der Waals surface area contributed by atoms with Crippen LogP contribution < -0.4 is 4.72 Å². The maximum atomic E-state index is 13.5. The lowest BCUT2D eigenvalue weighted by Crippen LogP contribution is -2.27. The molecule has 1 N–H and O–H groups in total. The number of hydrogen-bond donors (Lipinski definition) is 1. The van der Waals surface area contributed by atoms with E-state index in [1.165, 1.54) is 24.3 Å². The Bertz CT molecular complexity index is 1440. The van der Waals surface area contributed by atoms with Gasteiger partial charge in [0.25, 0.3) is 10.0 Å². The van der Waals surface area contributed by atoms with E-state index in [1.807, 2.05) is 31.2 Å². The summed E-state index contributed by atoms with van der Waals surface area (Å²) in [5.41, 5.74) is 3.59. The minimum absolute atomic E-state index is 0.0306. The molecule has 1 aliphatic heterocycles. The molecule has 0 bridgehead atoms. The summed E-state index contributed by atoms with van der Waals surface area (Å²) in [6.07, 6.45) is 0.371. The molecule has 0 amide bonds. The highest BCUT2D eigenvalue weighted by atomic mass is 35.5. The van der Waals surface area contributed by atoms with Crippen LogP contribution in [0.5, 0.6) is 0 Å². The van der Waals surface area contributed by atoms with Gasteiger partial charge in [0.1, 0.15) is 0 Å². The quantitative estimate of drug-likeness (QED) is 0.479. The van der Waals surface area contributed by atoms with Gasteiger partial charge in [-0.3, -0.25) is 4.72 Å². The molecule has 0 spiro atoms. The third kappa shape index (κ3) is 5.11. The maximum absolute atomic E-state index is 13.5. The number of hydrogen-bond acceptors (Lipinski definition) is 5. The SMILES string of the molecule is CCS(=O)(=O)Nc1ccc(C2=NN(S(=O)(=O)c3ccc(Cl)cc3)C(c3cccc(C)c3)C2)cc1. The van der Waals surface area contributed by atoms with Crippen LogP contribution in [0.4, 0.5) is 5.69 Å². The van der Waals surface area contributed by atoms with E-state index in [1.54, 1.807) is 31.2 Å². The number of aryl methyl sites for hydroxylation is 1. The monoisotopic (exact) mass is 517 g/mol. The Morgan fingerprint density at radius 1 is 1.00 bits per heavy atom. The lowest BCUT2D eigenvalue weighted by molar-refractivity contribution is 0.371. The fourth-order valence-corrected chi connectivity index (χ4v) is 5.91. The number of halogens is 1. The van der Waals surface area contributed by atoms with E-state index >= 15 is 0 Å². The average Bonchev–Trinajstić information content (AvgIpc) is 3.26. The van der Waals surface area contributed by atoms with Gasteiger partial charge in [0.2, 0.25) is 10.0 Å². The minimum Gasteiger partial charge on any atom is -0.284 e. The lowest BCUT2D eigenvalue weighted by Gasteiger charge is -2.23. The van der Waals surface area contributed by atoms with E-state index < -0.39 is 26.1 Å². The predicted octanol–water partition coefficient (Wildman–Crippen LogP) is 4.95. The van der Waals surface area contributed by atoms with Crippen LogP contribution >= 0.6 is 11.6 Å². The lowest BCUT2D eigenvalue weighted by atomic mass is 9.98. The number of rotatable bonds is 7. The van der Waals surface area contributed by atoms with Crippen LogP contribution in [-0.2, 0) is 20.0 Å². The molecular weight excluding hydrogens is 494 g/mol. The molecule has 34 heavy (non-hydrogen) atoms. The summed E-state index contributed by atoms with van der Waals surface area (Å²) >= 11 is 5.95.